The lowest BCUT2D eigenvalue weighted by Gasteiger charge is -2.25. The average Bonchev–Trinajstić information content (AvgIpc) is 3.23. The van der Waals surface area contributed by atoms with Crippen LogP contribution in [0.2, 0.25) is 0 Å². The molecule has 0 atom stereocenters. The molecule has 1 aromatic heterocycles. The topological polar surface area (TPSA) is 76.5 Å². The standard InChI is InChI=1S/C26H30N4O3/c1-20-18-24(26(32)29-14-16-33-17-15-29)28-30(20)19-25(31)27-13-12-23(21-8-4-2-5-9-21)22-10-6-3-7-11-22/h2-11,18,23H,12-17,19H2,1H3,(H,27,31). The number of hydrogen-bond donors (Lipinski definition) is 1. The van der Waals surface area contributed by atoms with Crippen LogP contribution in [0.1, 0.15) is 39.6 Å². The zero-order valence-electron chi connectivity index (χ0n) is 18.9. The minimum Gasteiger partial charge on any atom is -0.378 e. The van der Waals surface area contributed by atoms with Crippen molar-refractivity contribution in [2.45, 2.75) is 25.8 Å². The highest BCUT2D eigenvalue weighted by molar-refractivity contribution is 5.92. The molecule has 0 saturated carbocycles. The van der Waals surface area contributed by atoms with Gasteiger partial charge in [0, 0.05) is 31.2 Å². The van der Waals surface area contributed by atoms with Crippen molar-refractivity contribution in [3.05, 3.63) is 89.2 Å². The van der Waals surface area contributed by atoms with Crippen LogP contribution in [0.15, 0.2) is 66.7 Å². The van der Waals surface area contributed by atoms with Gasteiger partial charge in [-0.25, -0.2) is 0 Å². The first-order valence-electron chi connectivity index (χ1n) is 11.4. The number of carbonyl (C=O) groups excluding carboxylic acids is 2. The molecule has 0 unspecified atom stereocenters. The van der Waals surface area contributed by atoms with Crippen LogP contribution in [-0.4, -0.2) is 59.3 Å². The van der Waals surface area contributed by atoms with Crippen LogP contribution in [0, 0.1) is 6.92 Å². The van der Waals surface area contributed by atoms with E-state index in [0.717, 1.165) is 12.1 Å². The van der Waals surface area contributed by atoms with E-state index in [9.17, 15) is 9.59 Å². The van der Waals surface area contributed by atoms with Gasteiger partial charge in [-0.15, -0.1) is 0 Å². The number of benzene rings is 2. The largest absolute Gasteiger partial charge is 0.378 e. The van der Waals surface area contributed by atoms with Crippen molar-refractivity contribution in [1.82, 2.24) is 20.0 Å². The highest BCUT2D eigenvalue weighted by Gasteiger charge is 2.22. The molecule has 4 rings (SSSR count). The number of nitrogens with zero attached hydrogens (tertiary/aromatic N) is 3. The fourth-order valence-electron chi connectivity index (χ4n) is 4.15. The highest BCUT2D eigenvalue weighted by atomic mass is 16.5. The van der Waals surface area contributed by atoms with Crippen molar-refractivity contribution in [3.63, 3.8) is 0 Å². The molecule has 7 nitrogen and oxygen atoms in total. The summed E-state index contributed by atoms with van der Waals surface area (Å²) < 4.78 is 6.90. The third kappa shape index (κ3) is 5.87. The van der Waals surface area contributed by atoms with Gasteiger partial charge in [-0.2, -0.15) is 5.10 Å². The Morgan fingerprint density at radius 3 is 2.21 bits per heavy atom. The summed E-state index contributed by atoms with van der Waals surface area (Å²) in [5.74, 6) is -0.0301. The number of carbonyl (C=O) groups is 2. The fourth-order valence-corrected chi connectivity index (χ4v) is 4.15. The van der Waals surface area contributed by atoms with E-state index in [1.165, 1.54) is 11.1 Å². The molecule has 0 aliphatic carbocycles. The van der Waals surface area contributed by atoms with E-state index in [4.69, 9.17) is 4.74 Å². The first-order chi connectivity index (χ1) is 16.1. The van der Waals surface area contributed by atoms with E-state index < -0.39 is 0 Å². The normalized spacial score (nSPS) is 13.8. The van der Waals surface area contributed by atoms with Crippen LogP contribution >= 0.6 is 0 Å². The van der Waals surface area contributed by atoms with Crippen molar-refractivity contribution in [3.8, 4) is 0 Å². The maximum atomic E-state index is 12.7. The van der Waals surface area contributed by atoms with Crippen molar-refractivity contribution in [2.24, 2.45) is 0 Å². The molecule has 7 heteroatoms. The lowest BCUT2D eigenvalue weighted by Crippen LogP contribution is -2.41. The van der Waals surface area contributed by atoms with E-state index in [2.05, 4.69) is 34.7 Å². The van der Waals surface area contributed by atoms with E-state index in [1.807, 2.05) is 43.3 Å². The molecular weight excluding hydrogens is 416 g/mol. The zero-order valence-corrected chi connectivity index (χ0v) is 18.9. The lowest BCUT2D eigenvalue weighted by molar-refractivity contribution is -0.121. The molecule has 33 heavy (non-hydrogen) atoms. The van der Waals surface area contributed by atoms with Gasteiger partial charge in [0.15, 0.2) is 5.69 Å². The van der Waals surface area contributed by atoms with Gasteiger partial charge < -0.3 is 15.0 Å². The molecule has 1 fully saturated rings. The molecule has 2 heterocycles. The van der Waals surface area contributed by atoms with Crippen molar-refractivity contribution in [2.75, 3.05) is 32.8 Å². The van der Waals surface area contributed by atoms with E-state index >= 15 is 0 Å². The van der Waals surface area contributed by atoms with Crippen LogP contribution in [0.4, 0.5) is 0 Å². The summed E-state index contributed by atoms with van der Waals surface area (Å²) >= 11 is 0. The molecule has 2 amide bonds. The molecule has 0 radical (unpaired) electrons. The second-order valence-corrected chi connectivity index (χ2v) is 8.25. The number of morpholine rings is 1. The summed E-state index contributed by atoms with van der Waals surface area (Å²) in [5, 5.41) is 7.41. The third-order valence-corrected chi connectivity index (χ3v) is 5.95. The summed E-state index contributed by atoms with van der Waals surface area (Å²) in [7, 11) is 0. The van der Waals surface area contributed by atoms with Gasteiger partial charge in [0.1, 0.15) is 6.54 Å². The summed E-state index contributed by atoms with van der Waals surface area (Å²) in [6.07, 6.45) is 0.790. The number of hydrogen-bond acceptors (Lipinski definition) is 4. The van der Waals surface area contributed by atoms with Crippen LogP contribution in [0.5, 0.6) is 0 Å². The van der Waals surface area contributed by atoms with E-state index in [-0.39, 0.29) is 24.3 Å². The summed E-state index contributed by atoms with van der Waals surface area (Å²) in [6.45, 7) is 4.71. The number of rotatable bonds is 8. The van der Waals surface area contributed by atoms with Gasteiger partial charge in [-0.3, -0.25) is 14.3 Å². The minimum atomic E-state index is -0.119. The molecule has 1 aliphatic rings. The molecule has 1 N–H and O–H groups in total. The predicted octanol–water partition coefficient (Wildman–Crippen LogP) is 3.00. The average molecular weight is 447 g/mol. The summed E-state index contributed by atoms with van der Waals surface area (Å²) in [5.41, 5.74) is 3.61. The van der Waals surface area contributed by atoms with Gasteiger partial charge in [-0.1, -0.05) is 60.7 Å². The Hall–Kier alpha value is -3.45. The molecule has 0 spiro atoms. The van der Waals surface area contributed by atoms with Crippen molar-refractivity contribution < 1.29 is 14.3 Å². The smallest absolute Gasteiger partial charge is 0.274 e. The molecular formula is C26H30N4O3. The van der Waals surface area contributed by atoms with Crippen LogP contribution in [-0.2, 0) is 16.1 Å². The maximum absolute atomic E-state index is 12.7. The SMILES string of the molecule is Cc1cc(C(=O)N2CCOCC2)nn1CC(=O)NCCC(c1ccccc1)c1ccccc1. The third-order valence-electron chi connectivity index (χ3n) is 5.95. The van der Waals surface area contributed by atoms with E-state index in [1.54, 1.807) is 15.6 Å². The van der Waals surface area contributed by atoms with Crippen LogP contribution in [0.25, 0.3) is 0 Å². The van der Waals surface area contributed by atoms with Crippen molar-refractivity contribution in [1.29, 1.82) is 0 Å². The first kappa shape index (κ1) is 22.7. The van der Waals surface area contributed by atoms with Crippen LogP contribution < -0.4 is 5.32 Å². The summed E-state index contributed by atoms with van der Waals surface area (Å²) in [4.78, 5) is 27.0. The molecule has 172 valence electrons. The number of nitrogens with one attached hydrogen (secondary N) is 1. The molecule has 2 aromatic carbocycles. The van der Waals surface area contributed by atoms with Gasteiger partial charge >= 0.3 is 0 Å². The number of amides is 2. The maximum Gasteiger partial charge on any atom is 0.274 e. The van der Waals surface area contributed by atoms with Gasteiger partial charge in [0.25, 0.3) is 5.91 Å². The monoisotopic (exact) mass is 446 g/mol. The zero-order chi connectivity index (χ0) is 23.0. The van der Waals surface area contributed by atoms with Gasteiger partial charge in [-0.05, 0) is 30.5 Å². The number of ether oxygens (including phenoxy) is 1. The number of aryl methyl sites for hydroxylation is 1. The molecule has 0 bridgehead atoms. The Kier molecular flexibility index (Phi) is 7.52. The molecule has 1 aliphatic heterocycles. The Morgan fingerprint density at radius 2 is 1.61 bits per heavy atom. The second-order valence-electron chi connectivity index (χ2n) is 8.25. The first-order valence-corrected chi connectivity index (χ1v) is 11.4. The Balaban J connectivity index is 1.34. The van der Waals surface area contributed by atoms with Gasteiger partial charge in [0.05, 0.1) is 13.2 Å². The lowest BCUT2D eigenvalue weighted by atomic mass is 9.88. The fraction of sp³-hybridized carbons (Fsp3) is 0.346. The number of aromatic nitrogens is 2. The van der Waals surface area contributed by atoms with Crippen LogP contribution in [0.3, 0.4) is 0 Å². The predicted molar refractivity (Wildman–Crippen MR) is 126 cm³/mol. The quantitative estimate of drug-likeness (QED) is 0.577. The highest BCUT2D eigenvalue weighted by Crippen LogP contribution is 2.27. The minimum absolute atomic E-state index is 0.0869. The molecule has 3 aromatic rings. The van der Waals surface area contributed by atoms with E-state index in [0.29, 0.717) is 38.5 Å². The second kappa shape index (κ2) is 10.9. The molecule has 1 saturated heterocycles. The Morgan fingerprint density at radius 1 is 1.00 bits per heavy atom. The Bertz CT molecular complexity index is 1020. The van der Waals surface area contributed by atoms with Crippen molar-refractivity contribution >= 4 is 11.8 Å². The summed E-state index contributed by atoms with van der Waals surface area (Å²) in [6, 6.07) is 22.4. The Labute approximate surface area is 194 Å². The van der Waals surface area contributed by atoms with Gasteiger partial charge in [0.2, 0.25) is 5.91 Å².